The molecule has 356 valence electrons. The van der Waals surface area contributed by atoms with Crippen molar-refractivity contribution in [3.05, 3.63) is 0 Å². The molecule has 0 radical (unpaired) electrons. The van der Waals surface area contributed by atoms with E-state index >= 15 is 0 Å². The molecule has 0 amide bonds. The second-order valence-electron chi connectivity index (χ2n) is 10.5. The van der Waals surface area contributed by atoms with Crippen molar-refractivity contribution in [2.24, 2.45) is 0 Å². The van der Waals surface area contributed by atoms with E-state index in [2.05, 4.69) is 4.18 Å². The van der Waals surface area contributed by atoms with Crippen LogP contribution < -0.4 is 0 Å². The van der Waals surface area contributed by atoms with Crippen molar-refractivity contribution in [1.82, 2.24) is 0 Å². The van der Waals surface area contributed by atoms with Gasteiger partial charge in [-0.25, -0.2) is 12.6 Å². The summed E-state index contributed by atoms with van der Waals surface area (Å²) in [6.07, 6.45) is 0. The second-order valence-corrected chi connectivity index (χ2v) is 35.9. The molecular weight excluding hydrogens is 1610 g/mol. The predicted molar refractivity (Wildman–Crippen MR) is 277 cm³/mol. The summed E-state index contributed by atoms with van der Waals surface area (Å²) >= 11 is 235. The molecule has 0 saturated carbocycles. The van der Waals surface area contributed by atoms with E-state index in [4.69, 9.17) is 429 Å². The monoisotopic (exact) mass is 1590 g/mol. The lowest BCUT2D eigenvalue weighted by Gasteiger charge is -2.59. The molecule has 0 aliphatic carbocycles. The van der Waals surface area contributed by atoms with Crippen LogP contribution in [0.4, 0.5) is 0 Å². The maximum Gasteiger partial charge on any atom is 0.270 e. The second kappa shape index (κ2) is 20.9. The first-order chi connectivity index (χ1) is 24.7. The van der Waals surface area contributed by atoms with Gasteiger partial charge in [-0.15, -0.1) is 0 Å². The van der Waals surface area contributed by atoms with Crippen molar-refractivity contribution >= 4 is 440 Å². The van der Waals surface area contributed by atoms with E-state index in [9.17, 15) is 8.42 Å². The smallest absolute Gasteiger partial charge is 0.229 e. The Morgan fingerprint density at radius 2 is 0.322 bits per heavy atom. The molecule has 0 heterocycles. The molecule has 0 fully saturated rings. The maximum atomic E-state index is 11.3. The molecule has 3 nitrogen and oxygen atoms in total. The van der Waals surface area contributed by atoms with Crippen molar-refractivity contribution in [3.63, 3.8) is 0 Å². The zero-order chi connectivity index (χ0) is 49.3. The van der Waals surface area contributed by atoms with Gasteiger partial charge >= 0.3 is 0 Å². The molecule has 41 heteroatoms. The van der Waals surface area contributed by atoms with Crippen LogP contribution in [0.5, 0.6) is 0 Å². The van der Waals surface area contributed by atoms with Crippen LogP contribution in [0.15, 0.2) is 0 Å². The van der Waals surface area contributed by atoms with Gasteiger partial charge < -0.3 is 0 Å². The van der Waals surface area contributed by atoms with E-state index in [0.717, 1.165) is 0 Å². The summed E-state index contributed by atoms with van der Waals surface area (Å²) in [6.45, 7) is 0. The SMILES string of the molecule is O=[SH](=O)OC(Cl)(Cl)C(Cl)(Cl)C(Cl)(Cl)C(Cl)(Cl)C(Cl)(Cl)C(Cl)(Cl)C(Cl)(Cl)C(Cl)(Cl)C(Cl)(Cl)C(Cl)(Cl)C(Cl)(Cl)C(Cl)(Cl)C(Cl)(Cl)C(Cl)(Cl)C(Cl)(Cl)C(Cl)(Cl)C(Cl)(Cl)C(Cl)(Cl)Cl. The normalized spacial score (nSPS) is 17.3. The average molecular weight is 1610 g/mol. The fourth-order valence-electron chi connectivity index (χ4n) is 3.27. The van der Waals surface area contributed by atoms with Crippen molar-refractivity contribution in [3.8, 4) is 0 Å². The topological polar surface area (TPSA) is 43.4 Å². The summed E-state index contributed by atoms with van der Waals surface area (Å²) in [5.41, 5.74) is 0. The fourth-order valence-corrected chi connectivity index (χ4v) is 16.5. The number of rotatable bonds is 18. The van der Waals surface area contributed by atoms with Crippen LogP contribution in [0.2, 0.25) is 0 Å². The van der Waals surface area contributed by atoms with E-state index in [-0.39, 0.29) is 0 Å². The van der Waals surface area contributed by atoms with Crippen molar-refractivity contribution < 1.29 is 12.6 Å². The molecule has 0 atom stereocenters. The Labute approximate surface area is 521 Å². The molecule has 59 heavy (non-hydrogen) atoms. The number of thiol groups is 1. The zero-order valence-corrected chi connectivity index (χ0v) is 53.5. The standard InChI is InChI=1S/C18HCl37O3S/c19-1(20,3(23,24)5(27,28)7(31,32)9(35,36)11(39,40)13(43,44)15(47,48)17(51,52)53)2(21,22)4(25,26)6(29,30)8(33,34)10(37,38)12(41,42)14(45,46)16(49,50)18(54,55)58-59(56)57/h59H. The Hall–Kier alpha value is 10.6. The van der Waals surface area contributed by atoms with Gasteiger partial charge in [0.25, 0.3) is 15.5 Å². The first kappa shape index (κ1) is 69.6. The highest BCUT2D eigenvalue weighted by molar-refractivity contribution is 7.67. The molecule has 0 spiro atoms. The van der Waals surface area contributed by atoms with Gasteiger partial charge in [-0.3, -0.25) is 0 Å². The highest BCUT2D eigenvalue weighted by Crippen LogP contribution is 2.79. The summed E-state index contributed by atoms with van der Waals surface area (Å²) in [6, 6.07) is 0. The van der Waals surface area contributed by atoms with Crippen molar-refractivity contribution in [2.45, 2.75) is 77.6 Å². The molecule has 0 rings (SSSR count). The largest absolute Gasteiger partial charge is 0.270 e. The average Bonchev–Trinajstić information content (AvgIpc) is 2.98. The van der Waals surface area contributed by atoms with E-state index in [1.54, 1.807) is 0 Å². The van der Waals surface area contributed by atoms with Crippen LogP contribution in [-0.2, 0) is 15.2 Å². The first-order valence-electron chi connectivity index (χ1n) is 12.0. The Balaban J connectivity index is 7.89. The van der Waals surface area contributed by atoms with Crippen LogP contribution >= 0.6 is 429 Å². The van der Waals surface area contributed by atoms with E-state index < -0.39 is 88.6 Å². The van der Waals surface area contributed by atoms with Gasteiger partial charge in [-0.1, -0.05) is 429 Å². The van der Waals surface area contributed by atoms with E-state index in [1.807, 2.05) is 0 Å². The van der Waals surface area contributed by atoms with Gasteiger partial charge in [0.15, 0.2) is 60.7 Å². The van der Waals surface area contributed by atoms with E-state index in [1.165, 1.54) is 0 Å². The van der Waals surface area contributed by atoms with Crippen LogP contribution in [0, 0.1) is 0 Å². The number of hydrogen-bond donors (Lipinski definition) is 1. The molecular formula is C18HCl37O3S. The lowest BCUT2D eigenvalue weighted by Crippen LogP contribution is -2.76. The van der Waals surface area contributed by atoms with Gasteiger partial charge in [0.05, 0.1) is 0 Å². The first-order valence-corrected chi connectivity index (χ1v) is 27.1. The molecule has 0 aliphatic rings. The Morgan fingerprint density at radius 1 is 0.203 bits per heavy atom. The molecule has 0 N–H and O–H groups in total. The van der Waals surface area contributed by atoms with Gasteiger partial charge in [0, 0.05) is 0 Å². The summed E-state index contributed by atoms with van der Waals surface area (Å²) < 4.78 is -37.4. The Kier molecular flexibility index (Phi) is 24.6. The third kappa shape index (κ3) is 10.7. The van der Waals surface area contributed by atoms with Gasteiger partial charge in [0.1, 0.15) is 0 Å². The highest BCUT2D eigenvalue weighted by Gasteiger charge is 2.88. The minimum Gasteiger partial charge on any atom is -0.229 e. The third-order valence-corrected chi connectivity index (χ3v) is 33.9. The van der Waals surface area contributed by atoms with Gasteiger partial charge in [-0.05, 0) is 0 Å². The summed E-state index contributed by atoms with van der Waals surface area (Å²) in [4.78, 5) is 0. The molecule has 0 aromatic heterocycles. The fraction of sp³-hybridized carbons (Fsp3) is 1.00. The van der Waals surface area contributed by atoms with E-state index in [0.29, 0.717) is 0 Å². The van der Waals surface area contributed by atoms with Crippen LogP contribution in [0.3, 0.4) is 0 Å². The number of hydrogen-bond acceptors (Lipinski definition) is 3. The number of alkyl halides is 37. The zero-order valence-electron chi connectivity index (χ0n) is 24.7. The lowest BCUT2D eigenvalue weighted by molar-refractivity contribution is 0.223. The van der Waals surface area contributed by atoms with Gasteiger partial charge in [0.2, 0.25) is 12.5 Å². The van der Waals surface area contributed by atoms with Crippen LogP contribution in [0.1, 0.15) is 0 Å². The Bertz CT molecular complexity index is 1620. The quantitative estimate of drug-likeness (QED) is 0.110. The lowest BCUT2D eigenvalue weighted by atomic mass is 9.96. The summed E-state index contributed by atoms with van der Waals surface area (Å²) in [7, 11) is -4.00. The van der Waals surface area contributed by atoms with Crippen molar-refractivity contribution in [1.29, 1.82) is 0 Å². The third-order valence-electron chi connectivity index (χ3n) is 6.83. The van der Waals surface area contributed by atoms with Crippen LogP contribution in [0.25, 0.3) is 0 Å². The highest BCUT2D eigenvalue weighted by atomic mass is 35.6. The van der Waals surface area contributed by atoms with Crippen LogP contribution in [-0.4, -0.2) is 86.1 Å². The molecule has 0 unspecified atom stereocenters. The summed E-state index contributed by atoms with van der Waals surface area (Å²) in [5.74, 6) is 0. The molecule has 0 bridgehead atoms. The minimum absolute atomic E-state index is 2.89. The predicted octanol–water partition coefficient (Wildman–Crippen LogP) is 20.8. The minimum atomic E-state index is -4.00. The maximum absolute atomic E-state index is 11.3. The summed E-state index contributed by atoms with van der Waals surface area (Å²) in [5, 5.41) is 0. The Morgan fingerprint density at radius 3 is 0.441 bits per heavy atom. The van der Waals surface area contributed by atoms with Gasteiger partial charge in [-0.2, -0.15) is 0 Å². The molecule has 0 aliphatic heterocycles. The number of halogens is 37. The molecule has 0 aromatic carbocycles. The molecule has 0 saturated heterocycles. The van der Waals surface area contributed by atoms with Crippen molar-refractivity contribution in [2.75, 3.05) is 0 Å². The molecule has 0 aromatic rings.